The molecule has 0 aromatic heterocycles. The molecule has 4 rings (SSSR count). The van der Waals surface area contributed by atoms with E-state index in [4.69, 9.17) is 23.2 Å². The quantitative estimate of drug-likeness (QED) is 0.597. The van der Waals surface area contributed by atoms with Gasteiger partial charge in [0.25, 0.3) is 0 Å². The molecule has 0 radical (unpaired) electrons. The highest BCUT2D eigenvalue weighted by Gasteiger charge is 2.32. The second-order valence-electron chi connectivity index (χ2n) is 7.90. The van der Waals surface area contributed by atoms with Gasteiger partial charge in [-0.1, -0.05) is 23.2 Å². The van der Waals surface area contributed by atoms with Gasteiger partial charge >= 0.3 is 5.97 Å². The highest BCUT2D eigenvalue weighted by atomic mass is 35.5. The Bertz CT molecular complexity index is 1110. The Morgan fingerprint density at radius 3 is 2.16 bits per heavy atom. The van der Waals surface area contributed by atoms with Crippen molar-refractivity contribution >= 4 is 51.6 Å². The minimum Gasteiger partial charge on any atom is -0.478 e. The standard InChI is InChI=1S/C21H21Cl2FN2O4S.ClH/c22-15-8-16(23)10-17(9-15)31(29,30)26-5-3-25(4-6-26)12-14-7-20(24)19(21(27)28)11-18(14)13-1-2-13;/h7-11,13H,1-6,12H2,(H,27,28);1H. The van der Waals surface area contributed by atoms with E-state index in [0.29, 0.717) is 19.6 Å². The molecule has 11 heteroatoms. The second-order valence-corrected chi connectivity index (χ2v) is 10.7. The number of carboxylic acid groups (broad SMARTS) is 1. The van der Waals surface area contributed by atoms with E-state index in [2.05, 4.69) is 4.90 Å². The van der Waals surface area contributed by atoms with Crippen molar-refractivity contribution in [1.82, 2.24) is 9.21 Å². The molecule has 0 unspecified atom stereocenters. The van der Waals surface area contributed by atoms with E-state index in [1.807, 2.05) is 0 Å². The van der Waals surface area contributed by atoms with Gasteiger partial charge in [-0.2, -0.15) is 4.31 Å². The van der Waals surface area contributed by atoms with E-state index < -0.39 is 21.8 Å². The van der Waals surface area contributed by atoms with Crippen LogP contribution in [0, 0.1) is 5.82 Å². The van der Waals surface area contributed by atoms with Crippen molar-refractivity contribution in [3.05, 3.63) is 62.9 Å². The average molecular weight is 524 g/mol. The second kappa shape index (κ2) is 9.83. The van der Waals surface area contributed by atoms with E-state index >= 15 is 0 Å². The Morgan fingerprint density at radius 1 is 1.03 bits per heavy atom. The van der Waals surface area contributed by atoms with Crippen LogP contribution in [0.2, 0.25) is 10.0 Å². The Morgan fingerprint density at radius 2 is 1.62 bits per heavy atom. The van der Waals surface area contributed by atoms with Crippen LogP contribution in [0.4, 0.5) is 4.39 Å². The summed E-state index contributed by atoms with van der Waals surface area (Å²) in [5.74, 6) is -1.75. The van der Waals surface area contributed by atoms with Crippen LogP contribution in [0.5, 0.6) is 0 Å². The first-order chi connectivity index (χ1) is 14.6. The molecule has 0 spiro atoms. The summed E-state index contributed by atoms with van der Waals surface area (Å²) < 4.78 is 41.6. The van der Waals surface area contributed by atoms with Crippen molar-refractivity contribution in [3.8, 4) is 0 Å². The molecule has 1 saturated heterocycles. The van der Waals surface area contributed by atoms with Crippen molar-refractivity contribution in [1.29, 1.82) is 0 Å². The van der Waals surface area contributed by atoms with Crippen LogP contribution in [0.3, 0.4) is 0 Å². The van der Waals surface area contributed by atoms with Gasteiger partial charge in [0.1, 0.15) is 5.82 Å². The van der Waals surface area contributed by atoms with Crippen molar-refractivity contribution in [2.75, 3.05) is 26.2 Å². The van der Waals surface area contributed by atoms with Crippen LogP contribution in [-0.2, 0) is 16.6 Å². The van der Waals surface area contributed by atoms with Gasteiger partial charge in [0.15, 0.2) is 0 Å². The zero-order valence-electron chi connectivity index (χ0n) is 16.9. The molecule has 2 aromatic rings. The molecule has 1 aliphatic heterocycles. The lowest BCUT2D eigenvalue weighted by molar-refractivity contribution is 0.0691. The van der Waals surface area contributed by atoms with Crippen LogP contribution in [-0.4, -0.2) is 54.9 Å². The fourth-order valence-electron chi connectivity index (χ4n) is 3.90. The summed E-state index contributed by atoms with van der Waals surface area (Å²) in [6, 6.07) is 7.00. The smallest absolute Gasteiger partial charge is 0.338 e. The van der Waals surface area contributed by atoms with Crippen LogP contribution in [0.15, 0.2) is 35.2 Å². The zero-order valence-corrected chi connectivity index (χ0v) is 20.1. The normalized spacial score (nSPS) is 17.7. The minimum absolute atomic E-state index is 0. The van der Waals surface area contributed by atoms with Gasteiger partial charge in [0, 0.05) is 42.8 Å². The average Bonchev–Trinajstić information content (AvgIpc) is 3.52. The number of aromatic carboxylic acids is 1. The van der Waals surface area contributed by atoms with Gasteiger partial charge in [-0.05, 0) is 60.2 Å². The van der Waals surface area contributed by atoms with E-state index in [0.717, 1.165) is 24.0 Å². The van der Waals surface area contributed by atoms with Gasteiger partial charge in [-0.15, -0.1) is 12.4 Å². The summed E-state index contributed by atoms with van der Waals surface area (Å²) in [4.78, 5) is 13.4. The van der Waals surface area contributed by atoms with Gasteiger partial charge in [0.05, 0.1) is 10.5 Å². The summed E-state index contributed by atoms with van der Waals surface area (Å²) in [5.41, 5.74) is 1.34. The third-order valence-electron chi connectivity index (χ3n) is 5.68. The van der Waals surface area contributed by atoms with E-state index in [9.17, 15) is 22.7 Å². The fraction of sp³-hybridized carbons (Fsp3) is 0.381. The molecule has 2 fully saturated rings. The maximum atomic E-state index is 14.3. The molecule has 1 saturated carbocycles. The van der Waals surface area contributed by atoms with Gasteiger partial charge in [0.2, 0.25) is 10.0 Å². The van der Waals surface area contributed by atoms with Crippen molar-refractivity contribution in [2.45, 2.75) is 30.2 Å². The number of sulfonamides is 1. The third kappa shape index (κ3) is 5.38. The fourth-order valence-corrected chi connectivity index (χ4v) is 6.05. The molecule has 2 aliphatic rings. The predicted octanol–water partition coefficient (Wildman–Crippen LogP) is 4.64. The van der Waals surface area contributed by atoms with Crippen LogP contribution < -0.4 is 0 Å². The van der Waals surface area contributed by atoms with Crippen molar-refractivity contribution in [2.24, 2.45) is 0 Å². The molecule has 174 valence electrons. The largest absolute Gasteiger partial charge is 0.478 e. The molecule has 1 aliphatic carbocycles. The maximum Gasteiger partial charge on any atom is 0.338 e. The summed E-state index contributed by atoms with van der Waals surface area (Å²) >= 11 is 11.9. The monoisotopic (exact) mass is 522 g/mol. The first kappa shape index (κ1) is 25.2. The molecular formula is C21H22Cl3FN2O4S. The van der Waals surface area contributed by atoms with Gasteiger partial charge in [-0.25, -0.2) is 17.6 Å². The predicted molar refractivity (Wildman–Crippen MR) is 123 cm³/mol. The third-order valence-corrected chi connectivity index (χ3v) is 7.99. The van der Waals surface area contributed by atoms with E-state index in [1.165, 1.54) is 34.6 Å². The summed E-state index contributed by atoms with van der Waals surface area (Å²) in [6.45, 7) is 1.95. The lowest BCUT2D eigenvalue weighted by Gasteiger charge is -2.34. The number of piperazine rings is 1. The van der Waals surface area contributed by atoms with Crippen molar-refractivity contribution < 1.29 is 22.7 Å². The Balaban J connectivity index is 0.00000289. The molecule has 6 nitrogen and oxygen atoms in total. The van der Waals surface area contributed by atoms with Crippen LogP contribution in [0.25, 0.3) is 0 Å². The molecule has 0 bridgehead atoms. The lowest BCUT2D eigenvalue weighted by atomic mass is 9.98. The van der Waals surface area contributed by atoms with Crippen LogP contribution >= 0.6 is 35.6 Å². The number of carbonyl (C=O) groups is 1. The van der Waals surface area contributed by atoms with Gasteiger partial charge in [-0.3, -0.25) is 4.90 Å². The Hall–Kier alpha value is -1.42. The van der Waals surface area contributed by atoms with Gasteiger partial charge < -0.3 is 5.11 Å². The summed E-state index contributed by atoms with van der Waals surface area (Å²) in [6.07, 6.45) is 1.93. The van der Waals surface area contributed by atoms with Crippen molar-refractivity contribution in [3.63, 3.8) is 0 Å². The molecule has 0 atom stereocenters. The van der Waals surface area contributed by atoms with E-state index in [-0.39, 0.29) is 51.9 Å². The Labute approximate surface area is 202 Å². The highest BCUT2D eigenvalue weighted by molar-refractivity contribution is 7.89. The number of hydrogen-bond donors (Lipinski definition) is 1. The number of rotatable bonds is 6. The first-order valence-corrected chi connectivity index (χ1v) is 12.1. The zero-order chi connectivity index (χ0) is 22.3. The summed E-state index contributed by atoms with van der Waals surface area (Å²) in [7, 11) is -3.72. The number of carboxylic acids is 1. The number of hydrogen-bond acceptors (Lipinski definition) is 4. The minimum atomic E-state index is -3.72. The van der Waals surface area contributed by atoms with E-state index in [1.54, 1.807) is 0 Å². The number of nitrogens with zero attached hydrogens (tertiary/aromatic N) is 2. The molecular weight excluding hydrogens is 502 g/mol. The lowest BCUT2D eigenvalue weighted by Crippen LogP contribution is -2.48. The maximum absolute atomic E-state index is 14.3. The number of benzene rings is 2. The first-order valence-electron chi connectivity index (χ1n) is 9.89. The Kier molecular flexibility index (Phi) is 7.74. The highest BCUT2D eigenvalue weighted by Crippen LogP contribution is 2.42. The van der Waals surface area contributed by atoms with Crippen LogP contribution in [0.1, 0.15) is 40.2 Å². The SMILES string of the molecule is Cl.O=C(O)c1cc(C2CC2)c(CN2CCN(S(=O)(=O)c3cc(Cl)cc(Cl)c3)CC2)cc1F. The molecule has 32 heavy (non-hydrogen) atoms. The molecule has 2 aromatic carbocycles. The molecule has 0 amide bonds. The number of halogens is 4. The molecule has 1 N–H and O–H groups in total. The molecule has 1 heterocycles. The topological polar surface area (TPSA) is 77.9 Å². The summed E-state index contributed by atoms with van der Waals surface area (Å²) in [5, 5.41) is 9.72.